The minimum absolute atomic E-state index is 0.0124. The molecule has 3 rings (SSSR count). The largest absolute Gasteiger partial charge is 0.352 e. The molecule has 0 spiro atoms. The van der Waals surface area contributed by atoms with E-state index < -0.39 is 15.9 Å². The summed E-state index contributed by atoms with van der Waals surface area (Å²) in [6.07, 6.45) is -0.105. The third-order valence-electron chi connectivity index (χ3n) is 3.86. The molecule has 0 aromatic heterocycles. The van der Waals surface area contributed by atoms with Crippen LogP contribution in [0.5, 0.6) is 0 Å². The van der Waals surface area contributed by atoms with Crippen LogP contribution in [0.2, 0.25) is 5.02 Å². The first kappa shape index (κ1) is 17.4. The second kappa shape index (κ2) is 6.85. The molecule has 0 aliphatic carbocycles. The zero-order chi connectivity index (χ0) is 18.0. The van der Waals surface area contributed by atoms with Gasteiger partial charge in [0.15, 0.2) is 0 Å². The lowest BCUT2D eigenvalue weighted by Crippen LogP contribution is -2.34. The van der Waals surface area contributed by atoms with E-state index >= 15 is 0 Å². The first-order valence-corrected chi connectivity index (χ1v) is 9.38. The van der Waals surface area contributed by atoms with Gasteiger partial charge in [0.05, 0.1) is 5.56 Å². The highest BCUT2D eigenvalue weighted by Gasteiger charge is 2.40. The van der Waals surface area contributed by atoms with Crippen LogP contribution >= 0.6 is 11.6 Å². The molecule has 8 heteroatoms. The van der Waals surface area contributed by atoms with E-state index in [2.05, 4.69) is 5.32 Å². The van der Waals surface area contributed by atoms with Crippen molar-refractivity contribution in [2.24, 2.45) is 0 Å². The molecule has 0 saturated heterocycles. The van der Waals surface area contributed by atoms with Crippen LogP contribution in [0.4, 0.5) is 0 Å². The van der Waals surface area contributed by atoms with Gasteiger partial charge < -0.3 is 5.32 Å². The van der Waals surface area contributed by atoms with Gasteiger partial charge in [-0.05, 0) is 29.8 Å². The molecule has 0 saturated carbocycles. The van der Waals surface area contributed by atoms with Crippen molar-refractivity contribution in [2.45, 2.75) is 17.9 Å². The molecule has 0 atom stereocenters. The van der Waals surface area contributed by atoms with Crippen molar-refractivity contribution < 1.29 is 18.0 Å². The van der Waals surface area contributed by atoms with Crippen molar-refractivity contribution in [1.29, 1.82) is 0 Å². The standard InChI is InChI=1S/C17H15ClN2O4S/c18-13-7-5-12(6-8-13)11-19-16(21)9-10-20-17(22)14-3-1-2-4-15(14)25(20,23)24/h1-8H,9-11H2,(H,19,21). The van der Waals surface area contributed by atoms with Gasteiger partial charge in [-0.3, -0.25) is 9.59 Å². The number of nitrogens with one attached hydrogen (secondary N) is 1. The number of carbonyl (C=O) groups excluding carboxylic acids is 2. The van der Waals surface area contributed by atoms with Crippen LogP contribution in [0.15, 0.2) is 53.4 Å². The summed E-state index contributed by atoms with van der Waals surface area (Å²) in [5, 5.41) is 3.29. The summed E-state index contributed by atoms with van der Waals surface area (Å²) < 4.78 is 25.5. The molecule has 25 heavy (non-hydrogen) atoms. The predicted molar refractivity (Wildman–Crippen MR) is 92.6 cm³/mol. The molecule has 0 radical (unpaired) electrons. The molecular weight excluding hydrogens is 364 g/mol. The van der Waals surface area contributed by atoms with E-state index in [9.17, 15) is 18.0 Å². The van der Waals surface area contributed by atoms with Crippen molar-refractivity contribution in [2.75, 3.05) is 6.54 Å². The topological polar surface area (TPSA) is 83.6 Å². The molecule has 1 heterocycles. The lowest BCUT2D eigenvalue weighted by molar-refractivity contribution is -0.121. The Labute approximate surface area is 150 Å². The third-order valence-corrected chi connectivity index (χ3v) is 5.95. The highest BCUT2D eigenvalue weighted by atomic mass is 35.5. The fraction of sp³-hybridized carbons (Fsp3) is 0.176. The van der Waals surface area contributed by atoms with Crippen LogP contribution in [0.25, 0.3) is 0 Å². The number of benzene rings is 2. The van der Waals surface area contributed by atoms with Gasteiger partial charge >= 0.3 is 0 Å². The van der Waals surface area contributed by atoms with Crippen LogP contribution in [0, 0.1) is 0 Å². The number of amides is 2. The number of fused-ring (bicyclic) bond motifs is 1. The number of hydrogen-bond acceptors (Lipinski definition) is 4. The molecule has 1 N–H and O–H groups in total. The molecule has 2 aromatic rings. The van der Waals surface area contributed by atoms with Crippen LogP contribution in [0.3, 0.4) is 0 Å². The van der Waals surface area contributed by atoms with E-state index in [-0.39, 0.29) is 29.3 Å². The molecule has 6 nitrogen and oxygen atoms in total. The van der Waals surface area contributed by atoms with Gasteiger partial charge in [0.25, 0.3) is 15.9 Å². The maximum Gasteiger partial charge on any atom is 0.269 e. The van der Waals surface area contributed by atoms with Crippen LogP contribution in [-0.2, 0) is 21.4 Å². The van der Waals surface area contributed by atoms with Crippen molar-refractivity contribution in [3.63, 3.8) is 0 Å². The lowest BCUT2D eigenvalue weighted by Gasteiger charge is -2.14. The van der Waals surface area contributed by atoms with E-state index in [0.717, 1.165) is 9.87 Å². The predicted octanol–water partition coefficient (Wildman–Crippen LogP) is 2.19. The van der Waals surface area contributed by atoms with E-state index in [1.165, 1.54) is 12.1 Å². The van der Waals surface area contributed by atoms with E-state index in [4.69, 9.17) is 11.6 Å². The molecule has 0 fully saturated rings. The van der Waals surface area contributed by atoms with E-state index in [1.807, 2.05) is 0 Å². The Morgan fingerprint density at radius 2 is 1.76 bits per heavy atom. The summed E-state index contributed by atoms with van der Waals surface area (Å²) in [6.45, 7) is 0.110. The number of hydrogen-bond donors (Lipinski definition) is 1. The summed E-state index contributed by atoms with van der Waals surface area (Å²) in [4.78, 5) is 24.2. The Morgan fingerprint density at radius 3 is 2.44 bits per heavy atom. The van der Waals surface area contributed by atoms with E-state index in [0.29, 0.717) is 11.6 Å². The highest BCUT2D eigenvalue weighted by molar-refractivity contribution is 7.90. The molecule has 0 bridgehead atoms. The minimum atomic E-state index is -3.87. The monoisotopic (exact) mass is 378 g/mol. The van der Waals surface area contributed by atoms with Crippen LogP contribution in [0.1, 0.15) is 22.3 Å². The summed E-state index contributed by atoms with van der Waals surface area (Å²) in [7, 11) is -3.87. The van der Waals surface area contributed by atoms with Gasteiger partial charge in [0, 0.05) is 24.5 Å². The summed E-state index contributed by atoms with van der Waals surface area (Å²) in [6, 6.07) is 13.0. The van der Waals surface area contributed by atoms with Crippen molar-refractivity contribution in [1.82, 2.24) is 9.62 Å². The first-order valence-electron chi connectivity index (χ1n) is 7.57. The van der Waals surface area contributed by atoms with Gasteiger partial charge in [-0.15, -0.1) is 0 Å². The maximum atomic E-state index is 12.4. The molecule has 2 amide bonds. The van der Waals surface area contributed by atoms with Crippen LogP contribution in [-0.4, -0.2) is 31.1 Å². The van der Waals surface area contributed by atoms with Crippen LogP contribution < -0.4 is 5.32 Å². The Kier molecular flexibility index (Phi) is 4.78. The van der Waals surface area contributed by atoms with Gasteiger partial charge in [-0.1, -0.05) is 35.9 Å². The molecule has 1 aliphatic rings. The average molecular weight is 379 g/mol. The fourth-order valence-electron chi connectivity index (χ4n) is 2.55. The average Bonchev–Trinajstić information content (AvgIpc) is 2.79. The molecular formula is C17H15ClN2O4S. The lowest BCUT2D eigenvalue weighted by atomic mass is 10.2. The smallest absolute Gasteiger partial charge is 0.269 e. The van der Waals surface area contributed by atoms with Gasteiger partial charge in [-0.2, -0.15) is 0 Å². The molecule has 2 aromatic carbocycles. The minimum Gasteiger partial charge on any atom is -0.352 e. The highest BCUT2D eigenvalue weighted by Crippen LogP contribution is 2.29. The SMILES string of the molecule is O=C(CCN1C(=O)c2ccccc2S1(=O)=O)NCc1ccc(Cl)cc1. The number of halogens is 1. The van der Waals surface area contributed by atoms with Crippen molar-refractivity contribution in [3.05, 3.63) is 64.7 Å². The first-order chi connectivity index (χ1) is 11.9. The number of carbonyl (C=O) groups is 2. The van der Waals surface area contributed by atoms with Crippen molar-refractivity contribution in [3.8, 4) is 0 Å². The zero-order valence-electron chi connectivity index (χ0n) is 13.1. The Bertz CT molecular complexity index is 926. The normalized spacial score (nSPS) is 15.1. The maximum absolute atomic E-state index is 12.4. The van der Waals surface area contributed by atoms with Gasteiger partial charge in [0.1, 0.15) is 4.90 Å². The zero-order valence-corrected chi connectivity index (χ0v) is 14.7. The fourth-order valence-corrected chi connectivity index (χ4v) is 4.24. The number of sulfonamides is 1. The third kappa shape index (κ3) is 3.52. The van der Waals surface area contributed by atoms with E-state index in [1.54, 1.807) is 36.4 Å². The van der Waals surface area contributed by atoms with Crippen molar-refractivity contribution >= 4 is 33.4 Å². The van der Waals surface area contributed by atoms with Gasteiger partial charge in [0.2, 0.25) is 5.91 Å². The second-order valence-corrected chi connectivity index (χ2v) is 7.80. The Morgan fingerprint density at radius 1 is 1.08 bits per heavy atom. The molecule has 0 unspecified atom stereocenters. The summed E-state index contributed by atoms with van der Waals surface area (Å²) >= 11 is 5.79. The Balaban J connectivity index is 1.59. The second-order valence-electron chi connectivity index (χ2n) is 5.53. The molecule has 1 aliphatic heterocycles. The summed E-state index contributed by atoms with van der Waals surface area (Å²) in [5.74, 6) is -0.935. The number of nitrogens with zero attached hydrogens (tertiary/aromatic N) is 1. The van der Waals surface area contributed by atoms with Gasteiger partial charge in [-0.25, -0.2) is 12.7 Å². The molecule has 130 valence electrons. The number of rotatable bonds is 5. The quantitative estimate of drug-likeness (QED) is 0.864. The summed E-state index contributed by atoms with van der Waals surface area (Å²) in [5.41, 5.74) is 1.01. The Hall–Kier alpha value is -2.38.